The smallest absolute Gasteiger partial charge is 0.267 e. The number of benzene rings is 2. The van der Waals surface area contributed by atoms with Crippen LogP contribution >= 0.6 is 0 Å². The Morgan fingerprint density at radius 2 is 1.57 bits per heavy atom. The average molecular weight is 282 g/mol. The molecule has 4 nitrogen and oxygen atoms in total. The molecule has 2 aromatic carbocycles. The first-order valence-electron chi connectivity index (χ1n) is 6.73. The highest BCUT2D eigenvalue weighted by Gasteiger charge is 1.95. The van der Waals surface area contributed by atoms with E-state index in [1.165, 1.54) is 17.2 Å². The molecule has 0 unspecified atom stereocenters. The van der Waals surface area contributed by atoms with Crippen LogP contribution < -0.4 is 10.8 Å². The minimum atomic E-state index is -0.538. The zero-order chi connectivity index (χ0) is 14.9. The minimum Gasteiger partial charge on any atom is -0.309 e. The predicted octanol–water partition coefficient (Wildman–Crippen LogP) is 2.50. The van der Waals surface area contributed by atoms with E-state index in [2.05, 4.69) is 17.4 Å². The molecule has 3 N–H and O–H groups in total. The fourth-order valence-corrected chi connectivity index (χ4v) is 1.90. The maximum absolute atomic E-state index is 10.9. The second-order valence-electron chi connectivity index (χ2n) is 4.64. The molecule has 0 spiro atoms. The lowest BCUT2D eigenvalue weighted by molar-refractivity contribution is -0.124. The van der Waals surface area contributed by atoms with Crippen molar-refractivity contribution in [3.8, 4) is 0 Å². The van der Waals surface area contributed by atoms with Crippen molar-refractivity contribution in [1.82, 2.24) is 10.8 Å². The van der Waals surface area contributed by atoms with Crippen LogP contribution in [0.3, 0.4) is 0 Å². The van der Waals surface area contributed by atoms with E-state index in [0.29, 0.717) is 0 Å². The summed E-state index contributed by atoms with van der Waals surface area (Å²) in [6.07, 6.45) is 2.93. The van der Waals surface area contributed by atoms with Crippen LogP contribution in [0.2, 0.25) is 0 Å². The normalized spacial score (nSPS) is 10.7. The van der Waals surface area contributed by atoms with E-state index >= 15 is 0 Å². The summed E-state index contributed by atoms with van der Waals surface area (Å²) >= 11 is 0. The van der Waals surface area contributed by atoms with Gasteiger partial charge in [-0.2, -0.15) is 0 Å². The number of hydrogen-bond donors (Lipinski definition) is 3. The van der Waals surface area contributed by atoms with Gasteiger partial charge in [-0.1, -0.05) is 54.6 Å². The zero-order valence-corrected chi connectivity index (χ0v) is 11.6. The Balaban J connectivity index is 1.82. The summed E-state index contributed by atoms with van der Waals surface area (Å²) in [6.45, 7) is 1.62. The molecule has 0 radical (unpaired) electrons. The summed E-state index contributed by atoms with van der Waals surface area (Å²) in [5, 5.41) is 11.8. The van der Waals surface area contributed by atoms with Gasteiger partial charge >= 0.3 is 0 Å². The number of hydroxylamine groups is 1. The van der Waals surface area contributed by atoms with Crippen molar-refractivity contribution in [3.05, 3.63) is 77.4 Å². The van der Waals surface area contributed by atoms with Crippen LogP contribution in [0.5, 0.6) is 0 Å². The van der Waals surface area contributed by atoms with E-state index in [9.17, 15) is 4.79 Å². The number of carbonyl (C=O) groups excluding carboxylic acids is 1. The highest BCUT2D eigenvalue weighted by atomic mass is 16.5. The SMILES string of the molecule is O=C(/C=C/c1ccc(CNCc2ccccc2)cc1)NO. The van der Waals surface area contributed by atoms with E-state index in [0.717, 1.165) is 18.7 Å². The fourth-order valence-electron chi connectivity index (χ4n) is 1.90. The number of nitrogens with one attached hydrogen (secondary N) is 2. The second kappa shape index (κ2) is 7.99. The topological polar surface area (TPSA) is 61.4 Å². The van der Waals surface area contributed by atoms with Gasteiger partial charge in [0.1, 0.15) is 0 Å². The van der Waals surface area contributed by atoms with Gasteiger partial charge in [0.05, 0.1) is 0 Å². The Labute approximate surface area is 124 Å². The molecule has 0 aliphatic heterocycles. The monoisotopic (exact) mass is 282 g/mol. The average Bonchev–Trinajstić information content (AvgIpc) is 2.55. The quantitative estimate of drug-likeness (QED) is 0.433. The summed E-state index contributed by atoms with van der Waals surface area (Å²) in [4.78, 5) is 10.9. The van der Waals surface area contributed by atoms with Gasteiger partial charge in [0.25, 0.3) is 5.91 Å². The van der Waals surface area contributed by atoms with Crippen molar-refractivity contribution in [2.75, 3.05) is 0 Å². The van der Waals surface area contributed by atoms with Gasteiger partial charge in [-0.05, 0) is 22.8 Å². The molecule has 2 rings (SSSR count). The molecular formula is C17H18N2O2. The molecule has 4 heteroatoms. The largest absolute Gasteiger partial charge is 0.309 e. The van der Waals surface area contributed by atoms with Crippen molar-refractivity contribution in [3.63, 3.8) is 0 Å². The van der Waals surface area contributed by atoms with E-state index in [1.54, 1.807) is 11.6 Å². The summed E-state index contributed by atoms with van der Waals surface area (Å²) in [7, 11) is 0. The van der Waals surface area contributed by atoms with Gasteiger partial charge in [0.15, 0.2) is 0 Å². The number of rotatable bonds is 6. The predicted molar refractivity (Wildman–Crippen MR) is 82.4 cm³/mol. The van der Waals surface area contributed by atoms with Crippen molar-refractivity contribution in [2.24, 2.45) is 0 Å². The third-order valence-corrected chi connectivity index (χ3v) is 3.02. The third-order valence-electron chi connectivity index (χ3n) is 3.02. The van der Waals surface area contributed by atoms with Gasteiger partial charge in [-0.15, -0.1) is 0 Å². The number of carbonyl (C=O) groups is 1. The standard InChI is InChI=1S/C17H18N2O2/c20-17(19-21)11-10-14-6-8-16(9-7-14)13-18-12-15-4-2-1-3-5-15/h1-11,18,21H,12-13H2,(H,19,20)/b11-10+. The maximum atomic E-state index is 10.9. The first-order chi connectivity index (χ1) is 10.3. The molecule has 0 bridgehead atoms. The van der Waals surface area contributed by atoms with Gasteiger partial charge in [-0.25, -0.2) is 5.48 Å². The molecule has 0 fully saturated rings. The zero-order valence-electron chi connectivity index (χ0n) is 11.6. The number of amides is 1. The molecule has 0 saturated heterocycles. The highest BCUT2D eigenvalue weighted by molar-refractivity contribution is 5.90. The molecule has 0 aliphatic carbocycles. The van der Waals surface area contributed by atoms with E-state index in [1.807, 2.05) is 42.5 Å². The summed E-state index contributed by atoms with van der Waals surface area (Å²) in [6, 6.07) is 18.1. The third kappa shape index (κ3) is 5.22. The fraction of sp³-hybridized carbons (Fsp3) is 0.118. The highest BCUT2D eigenvalue weighted by Crippen LogP contribution is 2.06. The Hall–Kier alpha value is -2.43. The molecule has 1 amide bonds. The first-order valence-corrected chi connectivity index (χ1v) is 6.73. The molecule has 0 atom stereocenters. The lowest BCUT2D eigenvalue weighted by atomic mass is 10.1. The Morgan fingerprint density at radius 3 is 2.19 bits per heavy atom. The second-order valence-corrected chi connectivity index (χ2v) is 4.64. The van der Waals surface area contributed by atoms with Crippen molar-refractivity contribution in [2.45, 2.75) is 13.1 Å². The van der Waals surface area contributed by atoms with Gasteiger partial charge < -0.3 is 5.32 Å². The first kappa shape index (κ1) is 15.0. The van der Waals surface area contributed by atoms with Crippen LogP contribution in [-0.4, -0.2) is 11.1 Å². The summed E-state index contributed by atoms with van der Waals surface area (Å²) < 4.78 is 0. The van der Waals surface area contributed by atoms with Crippen LogP contribution in [0, 0.1) is 0 Å². The van der Waals surface area contributed by atoms with Gasteiger partial charge in [0, 0.05) is 19.2 Å². The summed E-state index contributed by atoms with van der Waals surface area (Å²) in [5.41, 5.74) is 4.89. The minimum absolute atomic E-state index is 0.538. The van der Waals surface area contributed by atoms with Crippen LogP contribution in [0.25, 0.3) is 6.08 Å². The molecular weight excluding hydrogens is 264 g/mol. The lowest BCUT2D eigenvalue weighted by Crippen LogP contribution is -2.14. The number of hydrogen-bond acceptors (Lipinski definition) is 3. The van der Waals surface area contributed by atoms with Gasteiger partial charge in [-0.3, -0.25) is 10.0 Å². The van der Waals surface area contributed by atoms with Crippen LogP contribution in [0.4, 0.5) is 0 Å². The van der Waals surface area contributed by atoms with E-state index < -0.39 is 5.91 Å². The van der Waals surface area contributed by atoms with E-state index in [4.69, 9.17) is 5.21 Å². The molecule has 0 aliphatic rings. The molecule has 21 heavy (non-hydrogen) atoms. The van der Waals surface area contributed by atoms with E-state index in [-0.39, 0.29) is 0 Å². The van der Waals surface area contributed by atoms with Crippen LogP contribution in [0.1, 0.15) is 16.7 Å². The van der Waals surface area contributed by atoms with Crippen molar-refractivity contribution >= 4 is 12.0 Å². The van der Waals surface area contributed by atoms with Crippen molar-refractivity contribution in [1.29, 1.82) is 0 Å². The Morgan fingerprint density at radius 1 is 0.952 bits per heavy atom. The van der Waals surface area contributed by atoms with Crippen LogP contribution in [-0.2, 0) is 17.9 Å². The lowest BCUT2D eigenvalue weighted by Gasteiger charge is -2.05. The Bertz CT molecular complexity index is 592. The molecule has 108 valence electrons. The van der Waals surface area contributed by atoms with Crippen LogP contribution in [0.15, 0.2) is 60.7 Å². The molecule has 2 aromatic rings. The molecule has 0 saturated carbocycles. The Kier molecular flexibility index (Phi) is 5.70. The maximum Gasteiger partial charge on any atom is 0.267 e. The molecule has 0 heterocycles. The van der Waals surface area contributed by atoms with Crippen molar-refractivity contribution < 1.29 is 10.0 Å². The molecule has 0 aromatic heterocycles. The van der Waals surface area contributed by atoms with Gasteiger partial charge in [0.2, 0.25) is 0 Å². The summed E-state index contributed by atoms with van der Waals surface area (Å²) in [5.74, 6) is -0.538.